The molecule has 7 rings (SSSR count). The monoisotopic (exact) mass is 728 g/mol. The standard InChI is InChI=1S/C43H40N2O5S2/c1-42(2,3)50-40(47)44-28-35(51-37-22-14-13-21-36(37)44)29-49-34-25-23-30(24-26-34)27-38-39(46)45(41(48)52-38)43(31-15-7-4-8-16-31,32-17-9-5-10-18-32)33-19-11-6-12-20-33/h4-26,35,38H,27-29H2,1-3H3. The van der Waals surface area contributed by atoms with E-state index < -0.39 is 16.4 Å². The van der Waals surface area contributed by atoms with Gasteiger partial charge in [0.1, 0.15) is 23.5 Å². The first-order chi connectivity index (χ1) is 25.1. The van der Waals surface area contributed by atoms with E-state index in [1.54, 1.807) is 16.7 Å². The molecule has 2 heterocycles. The van der Waals surface area contributed by atoms with Crippen LogP contribution >= 0.6 is 23.5 Å². The SMILES string of the molecule is CC(C)(C)OC(=O)N1CC(COc2ccc(CC3SC(=O)N(C(c4ccccc4)(c4ccccc4)c4ccccc4)C3=O)cc2)Sc2ccccc21. The fourth-order valence-corrected chi connectivity index (χ4v) is 9.05. The summed E-state index contributed by atoms with van der Waals surface area (Å²) in [5, 5.41) is -0.878. The van der Waals surface area contributed by atoms with Gasteiger partial charge in [-0.25, -0.2) is 4.79 Å². The molecule has 0 aromatic heterocycles. The van der Waals surface area contributed by atoms with Gasteiger partial charge in [-0.1, -0.05) is 127 Å². The van der Waals surface area contributed by atoms with Crippen molar-refractivity contribution in [3.8, 4) is 5.75 Å². The number of hydrogen-bond acceptors (Lipinski definition) is 7. The quantitative estimate of drug-likeness (QED) is 0.140. The fraction of sp³-hybridized carbons (Fsp3) is 0.233. The first-order valence-electron chi connectivity index (χ1n) is 17.3. The number of rotatable bonds is 9. The number of nitrogens with zero attached hydrogens (tertiary/aromatic N) is 2. The molecule has 0 spiro atoms. The van der Waals surface area contributed by atoms with Crippen molar-refractivity contribution in [3.63, 3.8) is 0 Å². The zero-order chi connectivity index (χ0) is 36.3. The van der Waals surface area contributed by atoms with E-state index >= 15 is 0 Å². The van der Waals surface area contributed by atoms with E-state index in [9.17, 15) is 14.4 Å². The van der Waals surface area contributed by atoms with Crippen molar-refractivity contribution in [2.75, 3.05) is 18.1 Å². The number of imide groups is 1. The average molecular weight is 729 g/mol. The number of ether oxygens (including phenoxy) is 2. The largest absolute Gasteiger partial charge is 0.492 e. The lowest BCUT2D eigenvalue weighted by atomic mass is 9.75. The van der Waals surface area contributed by atoms with Crippen LogP contribution in [0.3, 0.4) is 0 Å². The summed E-state index contributed by atoms with van der Waals surface area (Å²) in [7, 11) is 0. The van der Waals surface area contributed by atoms with Crippen LogP contribution in [-0.4, -0.2) is 51.4 Å². The molecule has 1 fully saturated rings. The summed E-state index contributed by atoms with van der Waals surface area (Å²) in [4.78, 5) is 45.8. The second-order valence-electron chi connectivity index (χ2n) is 13.8. The van der Waals surface area contributed by atoms with Gasteiger partial charge in [-0.15, -0.1) is 11.8 Å². The van der Waals surface area contributed by atoms with Gasteiger partial charge in [0.2, 0.25) is 5.91 Å². The van der Waals surface area contributed by atoms with Gasteiger partial charge in [0.25, 0.3) is 5.24 Å². The van der Waals surface area contributed by atoms with Crippen molar-refractivity contribution in [3.05, 3.63) is 162 Å². The minimum Gasteiger partial charge on any atom is -0.492 e. The Balaban J connectivity index is 1.08. The predicted octanol–water partition coefficient (Wildman–Crippen LogP) is 9.58. The Morgan fingerprint density at radius 2 is 1.25 bits per heavy atom. The molecular formula is C43H40N2O5S2. The molecule has 0 saturated carbocycles. The minimum atomic E-state index is -1.14. The summed E-state index contributed by atoms with van der Waals surface area (Å²) in [6.07, 6.45) is 0.0140. The molecule has 5 aromatic rings. The molecule has 5 aromatic carbocycles. The summed E-state index contributed by atoms with van der Waals surface area (Å²) in [6.45, 7) is 6.43. The van der Waals surface area contributed by atoms with E-state index in [2.05, 4.69) is 0 Å². The Morgan fingerprint density at radius 3 is 1.81 bits per heavy atom. The lowest BCUT2D eigenvalue weighted by Crippen LogP contribution is -2.51. The van der Waals surface area contributed by atoms with Crippen LogP contribution < -0.4 is 9.64 Å². The Kier molecular flexibility index (Phi) is 10.2. The molecule has 2 aliphatic rings. The molecule has 2 atom stereocenters. The number of fused-ring (bicyclic) bond motifs is 1. The molecule has 0 radical (unpaired) electrons. The predicted molar refractivity (Wildman–Crippen MR) is 208 cm³/mol. The van der Waals surface area contributed by atoms with E-state index in [-0.39, 0.29) is 22.5 Å². The number of thioether (sulfide) groups is 2. The molecule has 0 aliphatic carbocycles. The van der Waals surface area contributed by atoms with Gasteiger partial charge in [-0.3, -0.25) is 19.4 Å². The third-order valence-electron chi connectivity index (χ3n) is 9.06. The highest BCUT2D eigenvalue weighted by atomic mass is 32.2. The molecule has 0 N–H and O–H groups in total. The Hall–Kier alpha value is -4.99. The van der Waals surface area contributed by atoms with Gasteiger partial charge in [0, 0.05) is 11.4 Å². The summed E-state index contributed by atoms with van der Waals surface area (Å²) in [5.74, 6) is 0.461. The minimum absolute atomic E-state index is 0.00860. The van der Waals surface area contributed by atoms with Gasteiger partial charge in [0.05, 0.1) is 16.2 Å². The van der Waals surface area contributed by atoms with Crippen LogP contribution in [0.5, 0.6) is 5.75 Å². The van der Waals surface area contributed by atoms with Crippen molar-refractivity contribution in [2.24, 2.45) is 0 Å². The number of hydrogen-bond donors (Lipinski definition) is 0. The zero-order valence-corrected chi connectivity index (χ0v) is 30.9. The molecule has 1 saturated heterocycles. The summed E-state index contributed by atoms with van der Waals surface area (Å²) >= 11 is 2.77. The van der Waals surface area contributed by atoms with Crippen LogP contribution in [0.1, 0.15) is 43.0 Å². The molecule has 52 heavy (non-hydrogen) atoms. The maximum atomic E-state index is 14.5. The average Bonchev–Trinajstić information content (AvgIpc) is 3.43. The third-order valence-corrected chi connectivity index (χ3v) is 11.3. The van der Waals surface area contributed by atoms with Crippen molar-refractivity contribution < 1.29 is 23.9 Å². The second-order valence-corrected chi connectivity index (χ2v) is 16.3. The number of carbonyl (C=O) groups is 3. The number of para-hydroxylation sites is 1. The Labute approximate surface area is 313 Å². The van der Waals surface area contributed by atoms with Crippen LogP contribution in [0.15, 0.2) is 144 Å². The molecule has 0 bridgehead atoms. The van der Waals surface area contributed by atoms with E-state index in [0.717, 1.165) is 44.6 Å². The van der Waals surface area contributed by atoms with Crippen molar-refractivity contribution in [1.82, 2.24) is 4.90 Å². The van der Waals surface area contributed by atoms with Crippen LogP contribution in [0.2, 0.25) is 0 Å². The van der Waals surface area contributed by atoms with E-state index in [1.807, 2.05) is 160 Å². The summed E-state index contributed by atoms with van der Waals surface area (Å²) in [6, 6.07) is 44.9. The zero-order valence-electron chi connectivity index (χ0n) is 29.3. The number of anilines is 1. The lowest BCUT2D eigenvalue weighted by molar-refractivity contribution is -0.129. The Bertz CT molecular complexity index is 1940. The van der Waals surface area contributed by atoms with Gasteiger partial charge < -0.3 is 9.47 Å². The second kappa shape index (κ2) is 14.9. The van der Waals surface area contributed by atoms with Gasteiger partial charge in [-0.2, -0.15) is 0 Å². The number of benzene rings is 5. The molecule has 3 amide bonds. The van der Waals surface area contributed by atoms with Crippen molar-refractivity contribution in [1.29, 1.82) is 0 Å². The van der Waals surface area contributed by atoms with Crippen molar-refractivity contribution >= 4 is 46.5 Å². The van der Waals surface area contributed by atoms with Gasteiger partial charge in [0.15, 0.2) is 0 Å². The smallest absolute Gasteiger partial charge is 0.414 e. The fourth-order valence-electron chi connectivity index (χ4n) is 6.82. The molecular weight excluding hydrogens is 689 g/mol. The number of amides is 3. The van der Waals surface area contributed by atoms with E-state index in [1.165, 1.54) is 4.90 Å². The highest BCUT2D eigenvalue weighted by Gasteiger charge is 2.54. The van der Waals surface area contributed by atoms with Crippen molar-refractivity contribution in [2.45, 2.75) is 53.7 Å². The molecule has 9 heteroatoms. The highest BCUT2D eigenvalue weighted by molar-refractivity contribution is 8.15. The highest BCUT2D eigenvalue weighted by Crippen LogP contribution is 2.48. The summed E-state index contributed by atoms with van der Waals surface area (Å²) in [5.41, 5.74) is 2.53. The van der Waals surface area contributed by atoms with E-state index in [4.69, 9.17) is 9.47 Å². The molecule has 2 unspecified atom stereocenters. The first-order valence-corrected chi connectivity index (χ1v) is 19.1. The van der Waals surface area contributed by atoms with Crippen LogP contribution in [0.25, 0.3) is 0 Å². The Morgan fingerprint density at radius 1 is 0.712 bits per heavy atom. The first kappa shape index (κ1) is 35.4. The normalized spacial score (nSPS) is 17.5. The maximum absolute atomic E-state index is 14.5. The lowest BCUT2D eigenvalue weighted by Gasteiger charge is -2.42. The van der Waals surface area contributed by atoms with E-state index in [0.29, 0.717) is 25.3 Å². The topological polar surface area (TPSA) is 76.2 Å². The number of carbonyl (C=O) groups excluding carboxylic acids is 3. The molecule has 2 aliphatic heterocycles. The van der Waals surface area contributed by atoms with Crippen LogP contribution in [-0.2, 0) is 21.5 Å². The van der Waals surface area contributed by atoms with Gasteiger partial charge in [-0.05, 0) is 73.7 Å². The van der Waals surface area contributed by atoms with Gasteiger partial charge >= 0.3 is 6.09 Å². The summed E-state index contributed by atoms with van der Waals surface area (Å²) < 4.78 is 11.9. The molecule has 7 nitrogen and oxygen atoms in total. The molecule has 264 valence electrons. The van der Waals surface area contributed by atoms with Crippen LogP contribution in [0.4, 0.5) is 15.3 Å². The van der Waals surface area contributed by atoms with Crippen LogP contribution in [0, 0.1) is 0 Å². The maximum Gasteiger partial charge on any atom is 0.414 e. The third kappa shape index (κ3) is 7.20.